The normalized spacial score (nSPS) is 13.4. The average Bonchev–Trinajstić information content (AvgIpc) is 3.32. The zero-order chi connectivity index (χ0) is 18.8. The molecule has 0 bridgehead atoms. The molecule has 0 aliphatic heterocycles. The average molecular weight is 364 g/mol. The van der Waals surface area contributed by atoms with Crippen LogP contribution < -0.4 is 14.6 Å². The minimum absolute atomic E-state index is 0.817. The number of hydrogen-bond donors (Lipinski definition) is 3. The fourth-order valence-electron chi connectivity index (χ4n) is 4.50. The van der Waals surface area contributed by atoms with Crippen LogP contribution >= 0.6 is 0 Å². The number of H-pyrrole nitrogens is 1. The van der Waals surface area contributed by atoms with Gasteiger partial charge in [-0.3, -0.25) is 4.98 Å². The Hall–Kier alpha value is -2.58. The molecule has 0 saturated heterocycles. The van der Waals surface area contributed by atoms with Crippen molar-refractivity contribution in [2.24, 2.45) is 0 Å². The van der Waals surface area contributed by atoms with Crippen molar-refractivity contribution < 1.29 is 9.30 Å². The van der Waals surface area contributed by atoms with Crippen molar-refractivity contribution >= 4 is 22.5 Å². The Balaban J connectivity index is 1.76. The van der Waals surface area contributed by atoms with Gasteiger partial charge in [-0.15, -0.1) is 0 Å². The van der Waals surface area contributed by atoms with Gasteiger partial charge in [-0.2, -0.15) is 9.66 Å². The number of rotatable bonds is 7. The Bertz CT molecular complexity index is 1010. The Morgan fingerprint density at radius 2 is 1.96 bits per heavy atom. The first-order valence-electron chi connectivity index (χ1n) is 10.3. The lowest BCUT2D eigenvalue weighted by Gasteiger charge is -2.15. The summed E-state index contributed by atoms with van der Waals surface area (Å²) in [4.78, 5) is 5.14. The van der Waals surface area contributed by atoms with Gasteiger partial charge in [-0.25, -0.2) is 0 Å². The molecular formula is C22H29N5+2. The number of para-hydroxylation sites is 2. The Kier molecular flexibility index (Phi) is 5.00. The molecule has 5 nitrogen and oxygen atoms in total. The van der Waals surface area contributed by atoms with Crippen molar-refractivity contribution in [3.8, 4) is 6.07 Å². The molecule has 0 fully saturated rings. The summed E-state index contributed by atoms with van der Waals surface area (Å²) in [6, 6.07) is 10.8. The van der Waals surface area contributed by atoms with E-state index in [1.165, 1.54) is 36.6 Å². The largest absolute Gasteiger partial charge is 0.335 e. The highest BCUT2D eigenvalue weighted by Gasteiger charge is 2.29. The smallest absolute Gasteiger partial charge is 0.250 e. The van der Waals surface area contributed by atoms with Crippen molar-refractivity contribution in [1.29, 1.82) is 5.26 Å². The predicted octanol–water partition coefficient (Wildman–Crippen LogP) is 1.99. The molecule has 2 heterocycles. The summed E-state index contributed by atoms with van der Waals surface area (Å²) in [5.74, 6) is 1.18. The van der Waals surface area contributed by atoms with Gasteiger partial charge in [-0.1, -0.05) is 12.1 Å². The van der Waals surface area contributed by atoms with Crippen molar-refractivity contribution in [1.82, 2.24) is 4.98 Å². The molecule has 0 radical (unpaired) electrons. The molecule has 27 heavy (non-hydrogen) atoms. The van der Waals surface area contributed by atoms with Crippen molar-refractivity contribution in [3.63, 3.8) is 0 Å². The highest BCUT2D eigenvalue weighted by molar-refractivity contribution is 5.78. The summed E-state index contributed by atoms with van der Waals surface area (Å²) in [7, 11) is 0. The van der Waals surface area contributed by atoms with Gasteiger partial charge in [0.15, 0.2) is 0 Å². The second-order valence-electron chi connectivity index (χ2n) is 7.46. The van der Waals surface area contributed by atoms with Gasteiger partial charge in [0.25, 0.3) is 0 Å². The Morgan fingerprint density at radius 3 is 2.74 bits per heavy atom. The second kappa shape index (κ2) is 7.58. The lowest BCUT2D eigenvalue weighted by atomic mass is 10.1. The highest BCUT2D eigenvalue weighted by Crippen LogP contribution is 2.32. The van der Waals surface area contributed by atoms with Gasteiger partial charge in [-0.05, 0) is 50.8 Å². The fourth-order valence-corrected chi connectivity index (χ4v) is 4.50. The maximum atomic E-state index is 9.84. The quantitative estimate of drug-likeness (QED) is 0.444. The number of hydrogen-bond acceptors (Lipinski definition) is 2. The zero-order valence-electron chi connectivity index (χ0n) is 16.4. The topological polar surface area (TPSA) is 60.1 Å². The van der Waals surface area contributed by atoms with E-state index < -0.39 is 0 Å². The molecular weight excluding hydrogens is 334 g/mol. The van der Waals surface area contributed by atoms with Crippen molar-refractivity contribution in [3.05, 3.63) is 41.0 Å². The zero-order valence-corrected chi connectivity index (χ0v) is 16.4. The number of imidazole rings is 1. The molecule has 0 spiro atoms. The monoisotopic (exact) mass is 363 g/mol. The third kappa shape index (κ3) is 3.04. The lowest BCUT2D eigenvalue weighted by molar-refractivity contribution is -0.896. The first-order valence-corrected chi connectivity index (χ1v) is 10.3. The highest BCUT2D eigenvalue weighted by atomic mass is 15.1. The number of aromatic nitrogens is 2. The number of benzene rings is 1. The molecule has 140 valence electrons. The van der Waals surface area contributed by atoms with Crippen LogP contribution in [0.25, 0.3) is 16.7 Å². The van der Waals surface area contributed by atoms with E-state index in [0.717, 1.165) is 54.5 Å². The summed E-state index contributed by atoms with van der Waals surface area (Å²) in [6.07, 6.45) is 4.34. The predicted molar refractivity (Wildman–Crippen MR) is 108 cm³/mol. The van der Waals surface area contributed by atoms with Crippen LogP contribution in [0.4, 0.5) is 5.82 Å². The van der Waals surface area contributed by atoms with Gasteiger partial charge >= 0.3 is 0 Å². The third-order valence-electron chi connectivity index (χ3n) is 6.00. The van der Waals surface area contributed by atoms with E-state index in [-0.39, 0.29) is 0 Å². The molecule has 1 aliphatic carbocycles. The van der Waals surface area contributed by atoms with E-state index in [2.05, 4.69) is 52.8 Å². The number of fused-ring (bicyclic) bond motifs is 4. The summed E-state index contributed by atoms with van der Waals surface area (Å²) in [5.41, 5.74) is 6.53. The molecule has 3 aromatic rings. The van der Waals surface area contributed by atoms with E-state index in [9.17, 15) is 5.26 Å². The summed E-state index contributed by atoms with van der Waals surface area (Å²) >= 11 is 0. The summed E-state index contributed by atoms with van der Waals surface area (Å²) in [5, 5.41) is 13.6. The number of nitrogens with one attached hydrogen (secondary N) is 3. The van der Waals surface area contributed by atoms with Gasteiger partial charge < -0.3 is 10.2 Å². The standard InChI is InChI=1S/C22H27N5/c1-3-26(4-2)14-8-13-24-21-17-10-7-9-16(17)18(15-23)22-25-19-11-5-6-12-20(19)27(21)22/h5-6,11-12H,3-4,7-10,13-14H2,1-2H3,(H,24,25)/p+2. The van der Waals surface area contributed by atoms with Crippen molar-refractivity contribution in [2.45, 2.75) is 39.5 Å². The van der Waals surface area contributed by atoms with Gasteiger partial charge in [0, 0.05) is 12.0 Å². The van der Waals surface area contributed by atoms with Gasteiger partial charge in [0.1, 0.15) is 22.7 Å². The second-order valence-corrected chi connectivity index (χ2v) is 7.46. The van der Waals surface area contributed by atoms with Crippen LogP contribution in [0.2, 0.25) is 0 Å². The van der Waals surface area contributed by atoms with Crippen LogP contribution in [-0.4, -0.2) is 31.2 Å². The SMILES string of the molecule is CC[NH+](CC)CCCNc1c2c(c(C#N)c3[nH]c4ccccc4[n+]13)CCC2. The maximum Gasteiger partial charge on any atom is 0.250 e. The number of nitrogens with zero attached hydrogens (tertiary/aromatic N) is 2. The fraction of sp³-hybridized carbons (Fsp3) is 0.455. The molecule has 1 aromatic carbocycles. The molecule has 0 unspecified atom stereocenters. The van der Waals surface area contributed by atoms with Crippen LogP contribution in [0, 0.1) is 11.3 Å². The van der Waals surface area contributed by atoms with Gasteiger partial charge in [0.05, 0.1) is 26.2 Å². The van der Waals surface area contributed by atoms with Crippen LogP contribution in [0.15, 0.2) is 24.3 Å². The minimum atomic E-state index is 0.817. The van der Waals surface area contributed by atoms with E-state index in [4.69, 9.17) is 0 Å². The number of pyridine rings is 1. The molecule has 0 atom stereocenters. The number of anilines is 1. The first-order chi connectivity index (χ1) is 13.3. The Morgan fingerprint density at radius 1 is 1.19 bits per heavy atom. The van der Waals surface area contributed by atoms with Gasteiger partial charge in [0.2, 0.25) is 11.5 Å². The third-order valence-corrected chi connectivity index (χ3v) is 6.00. The van der Waals surface area contributed by atoms with Crippen molar-refractivity contribution in [2.75, 3.05) is 31.5 Å². The maximum absolute atomic E-state index is 9.84. The van der Waals surface area contributed by atoms with Crippen LogP contribution in [0.1, 0.15) is 43.4 Å². The lowest BCUT2D eigenvalue weighted by Crippen LogP contribution is -3.11. The molecule has 4 rings (SSSR count). The molecule has 1 aliphatic rings. The Labute approximate surface area is 160 Å². The number of aromatic amines is 1. The van der Waals surface area contributed by atoms with E-state index >= 15 is 0 Å². The minimum Gasteiger partial charge on any atom is -0.335 e. The van der Waals surface area contributed by atoms with E-state index in [0.29, 0.717) is 0 Å². The number of nitriles is 1. The summed E-state index contributed by atoms with van der Waals surface area (Å²) < 4.78 is 2.24. The summed E-state index contributed by atoms with van der Waals surface area (Å²) in [6.45, 7) is 9.04. The van der Waals surface area contributed by atoms with Crippen LogP contribution in [0.3, 0.4) is 0 Å². The first kappa shape index (κ1) is 17.8. The molecule has 3 N–H and O–H groups in total. The number of quaternary nitrogens is 1. The molecule has 2 aromatic heterocycles. The molecule has 0 amide bonds. The molecule has 0 saturated carbocycles. The van der Waals surface area contributed by atoms with Crippen LogP contribution in [0.5, 0.6) is 0 Å². The molecule has 5 heteroatoms. The van der Waals surface area contributed by atoms with E-state index in [1.54, 1.807) is 4.90 Å². The van der Waals surface area contributed by atoms with Crippen LogP contribution in [-0.2, 0) is 12.8 Å². The van der Waals surface area contributed by atoms with E-state index in [1.807, 2.05) is 6.07 Å².